The van der Waals surface area contributed by atoms with Crippen molar-refractivity contribution in [3.05, 3.63) is 59.7 Å². The van der Waals surface area contributed by atoms with E-state index < -0.39 is 0 Å². The number of rotatable bonds is 5. The van der Waals surface area contributed by atoms with Crippen molar-refractivity contribution in [2.45, 2.75) is 18.4 Å². The number of pyridine rings is 1. The highest BCUT2D eigenvalue weighted by molar-refractivity contribution is 8.00. The highest BCUT2D eigenvalue weighted by Crippen LogP contribution is 2.17. The van der Waals surface area contributed by atoms with Crippen LogP contribution in [0.25, 0.3) is 0 Å². The third-order valence-corrected chi connectivity index (χ3v) is 3.61. The Labute approximate surface area is 121 Å². The summed E-state index contributed by atoms with van der Waals surface area (Å²) >= 11 is 1.38. The number of aryl methyl sites for hydroxylation is 1. The van der Waals surface area contributed by atoms with Crippen LogP contribution in [0.2, 0.25) is 0 Å². The number of thioether (sulfide) groups is 1. The van der Waals surface area contributed by atoms with Crippen molar-refractivity contribution in [2.24, 2.45) is 0 Å². The van der Waals surface area contributed by atoms with Crippen LogP contribution in [0.4, 0.5) is 4.39 Å². The van der Waals surface area contributed by atoms with Gasteiger partial charge in [-0.2, -0.15) is 0 Å². The van der Waals surface area contributed by atoms with E-state index in [4.69, 9.17) is 0 Å². The number of benzene rings is 1. The molecule has 2 aromatic rings. The molecule has 2 rings (SSSR count). The van der Waals surface area contributed by atoms with Crippen LogP contribution in [0.3, 0.4) is 0 Å². The normalized spacial score (nSPS) is 10.3. The summed E-state index contributed by atoms with van der Waals surface area (Å²) in [7, 11) is 0. The number of hydrogen-bond acceptors (Lipinski definition) is 3. The van der Waals surface area contributed by atoms with Gasteiger partial charge in [-0.1, -0.05) is 6.07 Å². The minimum Gasteiger partial charge on any atom is -0.350 e. The van der Waals surface area contributed by atoms with Gasteiger partial charge < -0.3 is 5.32 Å². The van der Waals surface area contributed by atoms with Gasteiger partial charge in [0.05, 0.1) is 18.0 Å². The molecule has 0 aliphatic heterocycles. The number of carbonyl (C=O) groups excluding carboxylic acids is 1. The van der Waals surface area contributed by atoms with Crippen LogP contribution in [0.1, 0.15) is 11.4 Å². The van der Waals surface area contributed by atoms with Crippen LogP contribution in [-0.4, -0.2) is 16.6 Å². The summed E-state index contributed by atoms with van der Waals surface area (Å²) < 4.78 is 12.7. The fraction of sp³-hybridized carbons (Fsp3) is 0.200. The largest absolute Gasteiger partial charge is 0.350 e. The Morgan fingerprint density at radius 1 is 1.25 bits per heavy atom. The van der Waals surface area contributed by atoms with Gasteiger partial charge in [0, 0.05) is 10.6 Å². The van der Waals surface area contributed by atoms with E-state index in [0.717, 1.165) is 16.3 Å². The van der Waals surface area contributed by atoms with Crippen LogP contribution in [-0.2, 0) is 11.3 Å². The topological polar surface area (TPSA) is 42.0 Å². The number of aromatic nitrogens is 1. The molecule has 0 fully saturated rings. The van der Waals surface area contributed by atoms with E-state index >= 15 is 0 Å². The Hall–Kier alpha value is -1.88. The molecule has 104 valence electrons. The third kappa shape index (κ3) is 4.66. The number of nitrogens with one attached hydrogen (secondary N) is 1. The Morgan fingerprint density at radius 3 is 2.70 bits per heavy atom. The van der Waals surface area contributed by atoms with E-state index in [1.165, 1.54) is 23.9 Å². The first-order valence-corrected chi connectivity index (χ1v) is 7.19. The SMILES string of the molecule is Cc1cccc(CNC(=O)CSc2ccc(F)cc2)n1. The molecule has 3 nitrogen and oxygen atoms in total. The minimum absolute atomic E-state index is 0.0670. The first kappa shape index (κ1) is 14.5. The number of amides is 1. The van der Waals surface area contributed by atoms with Crippen molar-refractivity contribution in [1.82, 2.24) is 10.3 Å². The second kappa shape index (κ2) is 7.05. The van der Waals surface area contributed by atoms with Crippen LogP contribution in [0, 0.1) is 12.7 Å². The Balaban J connectivity index is 1.77. The predicted molar refractivity (Wildman–Crippen MR) is 77.9 cm³/mol. The van der Waals surface area contributed by atoms with Crippen molar-refractivity contribution in [3.63, 3.8) is 0 Å². The van der Waals surface area contributed by atoms with Gasteiger partial charge in [0.15, 0.2) is 0 Å². The molecule has 0 aliphatic carbocycles. The Bertz CT molecular complexity index is 587. The molecule has 0 spiro atoms. The lowest BCUT2D eigenvalue weighted by molar-refractivity contribution is -0.118. The maximum absolute atomic E-state index is 12.7. The smallest absolute Gasteiger partial charge is 0.230 e. The second-order valence-electron chi connectivity index (χ2n) is 4.29. The zero-order valence-electron chi connectivity index (χ0n) is 11.1. The van der Waals surface area contributed by atoms with Gasteiger partial charge in [0.25, 0.3) is 0 Å². The lowest BCUT2D eigenvalue weighted by atomic mass is 10.3. The number of nitrogens with zero attached hydrogens (tertiary/aromatic N) is 1. The summed E-state index contributed by atoms with van der Waals surface area (Å²) in [5.74, 6) is -0.0378. The predicted octanol–water partition coefficient (Wildman–Crippen LogP) is 2.94. The molecule has 1 aromatic carbocycles. The molecule has 0 saturated heterocycles. The first-order chi connectivity index (χ1) is 9.63. The Kier molecular flexibility index (Phi) is 5.12. The van der Waals surface area contributed by atoms with Crippen molar-refractivity contribution in [2.75, 3.05) is 5.75 Å². The maximum Gasteiger partial charge on any atom is 0.230 e. The van der Waals surface area contributed by atoms with Crippen molar-refractivity contribution in [3.8, 4) is 0 Å². The van der Waals surface area contributed by atoms with Gasteiger partial charge in [0.2, 0.25) is 5.91 Å². The Morgan fingerprint density at radius 2 is 2.00 bits per heavy atom. The quantitative estimate of drug-likeness (QED) is 0.861. The van der Waals surface area contributed by atoms with Gasteiger partial charge in [0.1, 0.15) is 5.82 Å². The summed E-state index contributed by atoms with van der Waals surface area (Å²) in [5.41, 5.74) is 1.77. The molecule has 0 radical (unpaired) electrons. The lowest BCUT2D eigenvalue weighted by Crippen LogP contribution is -2.25. The summed E-state index contributed by atoms with van der Waals surface area (Å²) in [5, 5.41) is 2.81. The van der Waals surface area contributed by atoms with Gasteiger partial charge in [-0.15, -0.1) is 11.8 Å². The van der Waals surface area contributed by atoms with Crippen LogP contribution in [0.5, 0.6) is 0 Å². The average molecular weight is 290 g/mol. The van der Waals surface area contributed by atoms with E-state index in [1.54, 1.807) is 12.1 Å². The second-order valence-corrected chi connectivity index (χ2v) is 5.34. The molecule has 1 aromatic heterocycles. The lowest BCUT2D eigenvalue weighted by Gasteiger charge is -2.05. The van der Waals surface area contributed by atoms with Crippen LogP contribution in [0.15, 0.2) is 47.4 Å². The summed E-state index contributed by atoms with van der Waals surface area (Å²) in [6, 6.07) is 11.8. The molecule has 0 aliphatic rings. The van der Waals surface area contributed by atoms with E-state index in [1.807, 2.05) is 25.1 Å². The maximum atomic E-state index is 12.7. The van der Waals surface area contributed by atoms with Crippen molar-refractivity contribution >= 4 is 17.7 Å². The highest BCUT2D eigenvalue weighted by Gasteiger charge is 2.04. The van der Waals surface area contributed by atoms with E-state index in [-0.39, 0.29) is 11.7 Å². The van der Waals surface area contributed by atoms with Crippen molar-refractivity contribution in [1.29, 1.82) is 0 Å². The molecule has 5 heteroatoms. The van der Waals surface area contributed by atoms with Gasteiger partial charge in [-0.3, -0.25) is 9.78 Å². The van der Waals surface area contributed by atoms with Gasteiger partial charge >= 0.3 is 0 Å². The number of carbonyl (C=O) groups is 1. The van der Waals surface area contributed by atoms with E-state index in [2.05, 4.69) is 10.3 Å². The molecule has 0 bridgehead atoms. The van der Waals surface area contributed by atoms with Crippen LogP contribution >= 0.6 is 11.8 Å². The van der Waals surface area contributed by atoms with E-state index in [0.29, 0.717) is 12.3 Å². The van der Waals surface area contributed by atoms with Gasteiger partial charge in [-0.05, 0) is 43.3 Å². The molecule has 20 heavy (non-hydrogen) atoms. The zero-order valence-corrected chi connectivity index (χ0v) is 11.9. The fourth-order valence-corrected chi connectivity index (χ4v) is 2.35. The monoisotopic (exact) mass is 290 g/mol. The average Bonchev–Trinajstić information content (AvgIpc) is 2.45. The fourth-order valence-electron chi connectivity index (χ4n) is 1.62. The molecular weight excluding hydrogens is 275 g/mol. The number of hydrogen-bond donors (Lipinski definition) is 1. The molecular formula is C15H15FN2OS. The minimum atomic E-state index is -0.274. The molecule has 1 N–H and O–H groups in total. The van der Waals surface area contributed by atoms with Crippen molar-refractivity contribution < 1.29 is 9.18 Å². The highest BCUT2D eigenvalue weighted by atomic mass is 32.2. The van der Waals surface area contributed by atoms with E-state index in [9.17, 15) is 9.18 Å². The summed E-state index contributed by atoms with van der Waals surface area (Å²) in [6.07, 6.45) is 0. The number of halogens is 1. The third-order valence-electron chi connectivity index (χ3n) is 2.60. The standard InChI is InChI=1S/C15H15FN2OS/c1-11-3-2-4-13(18-11)9-17-15(19)10-20-14-7-5-12(16)6-8-14/h2-8H,9-10H2,1H3,(H,17,19). The van der Waals surface area contributed by atoms with Gasteiger partial charge in [-0.25, -0.2) is 4.39 Å². The summed E-state index contributed by atoms with van der Waals surface area (Å²) in [4.78, 5) is 16.9. The summed E-state index contributed by atoms with van der Waals surface area (Å²) in [6.45, 7) is 2.33. The molecule has 0 unspecified atom stereocenters. The molecule has 0 atom stereocenters. The zero-order chi connectivity index (χ0) is 14.4. The molecule has 1 amide bonds. The van der Waals surface area contributed by atoms with Crippen LogP contribution < -0.4 is 5.32 Å². The molecule has 1 heterocycles. The first-order valence-electron chi connectivity index (χ1n) is 6.21. The molecule has 0 saturated carbocycles.